The van der Waals surface area contributed by atoms with Crippen LogP contribution in [-0.2, 0) is 9.53 Å². The summed E-state index contributed by atoms with van der Waals surface area (Å²) in [5.41, 5.74) is 5.92. The van der Waals surface area contributed by atoms with Crippen LogP contribution in [0.1, 0.15) is 17.3 Å². The molecule has 1 aromatic heterocycles. The molecule has 2 rings (SSSR count). The molecule has 0 unspecified atom stereocenters. The summed E-state index contributed by atoms with van der Waals surface area (Å²) < 4.78 is 6.84. The number of nitrogens with zero attached hydrogens (tertiary/aromatic N) is 1. The van der Waals surface area contributed by atoms with Gasteiger partial charge in [0.15, 0.2) is 6.10 Å². The lowest BCUT2D eigenvalue weighted by atomic mass is 10.2. The zero-order valence-electron chi connectivity index (χ0n) is 11.9. The van der Waals surface area contributed by atoms with E-state index in [-0.39, 0.29) is 0 Å². The fourth-order valence-corrected chi connectivity index (χ4v) is 1.81. The van der Waals surface area contributed by atoms with Gasteiger partial charge in [0.2, 0.25) is 0 Å². The van der Waals surface area contributed by atoms with E-state index in [2.05, 4.69) is 0 Å². The predicted octanol–water partition coefficient (Wildman–Crippen LogP) is 1.22. The van der Waals surface area contributed by atoms with Crippen LogP contribution < -0.4 is 11.1 Å². The molecule has 0 spiro atoms. The van der Waals surface area contributed by atoms with Crippen LogP contribution in [0.4, 0.5) is 4.79 Å². The summed E-state index contributed by atoms with van der Waals surface area (Å²) in [6.45, 7) is 1.35. The molecule has 7 nitrogen and oxygen atoms in total. The quantitative estimate of drug-likeness (QED) is 0.828. The van der Waals surface area contributed by atoms with Crippen LogP contribution in [0.25, 0.3) is 5.69 Å². The number of benzene rings is 1. The van der Waals surface area contributed by atoms with Gasteiger partial charge in [-0.25, -0.2) is 9.59 Å². The molecule has 0 saturated heterocycles. The number of nitrogens with one attached hydrogen (secondary N) is 1. The molecule has 0 fully saturated rings. The number of rotatable bonds is 4. The van der Waals surface area contributed by atoms with Crippen molar-refractivity contribution in [1.29, 1.82) is 0 Å². The van der Waals surface area contributed by atoms with E-state index in [0.29, 0.717) is 5.56 Å². The first-order valence-electron chi connectivity index (χ1n) is 6.52. The van der Waals surface area contributed by atoms with Gasteiger partial charge in [0.1, 0.15) is 0 Å². The summed E-state index contributed by atoms with van der Waals surface area (Å²) in [6.07, 6.45) is 2.55. The van der Waals surface area contributed by atoms with Gasteiger partial charge in [0.25, 0.3) is 5.91 Å². The topological polar surface area (TPSA) is 103 Å². The first-order valence-corrected chi connectivity index (χ1v) is 6.52. The number of aromatic nitrogens is 1. The molecular formula is C15H15N3O4. The number of nitrogens with two attached hydrogens (primary N) is 1. The van der Waals surface area contributed by atoms with E-state index < -0.39 is 24.0 Å². The van der Waals surface area contributed by atoms with Crippen molar-refractivity contribution >= 4 is 17.9 Å². The average molecular weight is 301 g/mol. The number of carbonyl (C=O) groups is 3. The second-order valence-electron chi connectivity index (χ2n) is 4.54. The number of urea groups is 1. The zero-order chi connectivity index (χ0) is 16.1. The Labute approximate surface area is 126 Å². The number of primary amides is 1. The van der Waals surface area contributed by atoms with Gasteiger partial charge in [-0.3, -0.25) is 10.1 Å². The minimum absolute atomic E-state index is 0.296. The van der Waals surface area contributed by atoms with E-state index in [9.17, 15) is 14.4 Å². The highest BCUT2D eigenvalue weighted by Gasteiger charge is 2.20. The van der Waals surface area contributed by atoms with Gasteiger partial charge in [0.05, 0.1) is 5.56 Å². The molecule has 2 aromatic rings. The Morgan fingerprint density at radius 2 is 1.86 bits per heavy atom. The van der Waals surface area contributed by atoms with Gasteiger partial charge in [-0.05, 0) is 37.3 Å². The van der Waals surface area contributed by atoms with Gasteiger partial charge in [0, 0.05) is 18.1 Å². The molecule has 0 aliphatic heterocycles. The Kier molecular flexibility index (Phi) is 4.57. The van der Waals surface area contributed by atoms with Crippen molar-refractivity contribution < 1.29 is 19.1 Å². The highest BCUT2D eigenvalue weighted by atomic mass is 16.5. The van der Waals surface area contributed by atoms with Crippen LogP contribution in [0.15, 0.2) is 48.8 Å². The van der Waals surface area contributed by atoms with Crippen molar-refractivity contribution in [3.05, 3.63) is 54.4 Å². The van der Waals surface area contributed by atoms with E-state index in [0.717, 1.165) is 5.69 Å². The Morgan fingerprint density at radius 1 is 1.18 bits per heavy atom. The monoisotopic (exact) mass is 301 g/mol. The van der Waals surface area contributed by atoms with Crippen LogP contribution in [0, 0.1) is 0 Å². The van der Waals surface area contributed by atoms with Crippen LogP contribution in [0.3, 0.4) is 0 Å². The zero-order valence-corrected chi connectivity index (χ0v) is 11.9. The number of imide groups is 1. The van der Waals surface area contributed by atoms with Crippen LogP contribution in [0.5, 0.6) is 0 Å². The van der Waals surface area contributed by atoms with Gasteiger partial charge < -0.3 is 15.0 Å². The van der Waals surface area contributed by atoms with Crippen LogP contribution in [0.2, 0.25) is 0 Å². The summed E-state index contributed by atoms with van der Waals surface area (Å²) in [7, 11) is 0. The predicted molar refractivity (Wildman–Crippen MR) is 78.4 cm³/mol. The number of hydrogen-bond acceptors (Lipinski definition) is 4. The summed E-state index contributed by atoms with van der Waals surface area (Å²) in [5, 5.41) is 1.85. The standard InChI is InChI=1S/C15H15N3O4/c1-10(13(19)17-15(16)21)22-14(20)11-5-4-6-12(9-11)18-7-2-3-8-18/h2-10H,1H3,(H3,16,17,19,21)/t10-/m1/s1. The third kappa shape index (κ3) is 3.72. The molecule has 0 aliphatic rings. The average Bonchev–Trinajstić information content (AvgIpc) is 3.00. The van der Waals surface area contributed by atoms with E-state index in [1.54, 1.807) is 18.2 Å². The number of ether oxygens (including phenoxy) is 1. The van der Waals surface area contributed by atoms with Gasteiger partial charge in [-0.2, -0.15) is 0 Å². The Bertz CT molecular complexity index is 695. The van der Waals surface area contributed by atoms with Crippen LogP contribution >= 0.6 is 0 Å². The number of esters is 1. The molecular weight excluding hydrogens is 286 g/mol. The largest absolute Gasteiger partial charge is 0.449 e. The minimum Gasteiger partial charge on any atom is -0.449 e. The van der Waals surface area contributed by atoms with Gasteiger partial charge in [-0.1, -0.05) is 6.07 Å². The second-order valence-corrected chi connectivity index (χ2v) is 4.54. The molecule has 114 valence electrons. The van der Waals surface area contributed by atoms with Crippen molar-refractivity contribution in [3.8, 4) is 5.69 Å². The summed E-state index contributed by atoms with van der Waals surface area (Å²) in [5.74, 6) is -1.44. The first kappa shape index (κ1) is 15.3. The minimum atomic E-state index is -1.13. The maximum absolute atomic E-state index is 12.0. The summed E-state index contributed by atoms with van der Waals surface area (Å²) in [6, 6.07) is 9.49. The van der Waals surface area contributed by atoms with E-state index in [1.807, 2.05) is 40.5 Å². The maximum atomic E-state index is 12.0. The second kappa shape index (κ2) is 6.57. The highest BCUT2D eigenvalue weighted by molar-refractivity contribution is 5.98. The van der Waals surface area contributed by atoms with Crippen molar-refractivity contribution in [2.24, 2.45) is 5.73 Å². The molecule has 3 N–H and O–H groups in total. The Morgan fingerprint density at radius 3 is 2.50 bits per heavy atom. The van der Waals surface area contributed by atoms with Gasteiger partial charge >= 0.3 is 12.0 Å². The van der Waals surface area contributed by atoms with Crippen molar-refractivity contribution in [2.45, 2.75) is 13.0 Å². The lowest BCUT2D eigenvalue weighted by molar-refractivity contribution is -0.127. The normalized spacial score (nSPS) is 11.5. The van der Waals surface area contributed by atoms with Crippen molar-refractivity contribution in [2.75, 3.05) is 0 Å². The van der Waals surface area contributed by atoms with E-state index in [1.165, 1.54) is 6.92 Å². The molecule has 22 heavy (non-hydrogen) atoms. The van der Waals surface area contributed by atoms with Crippen molar-refractivity contribution in [3.63, 3.8) is 0 Å². The SMILES string of the molecule is C[C@@H](OC(=O)c1cccc(-n2cccc2)c1)C(=O)NC(N)=O. The molecule has 7 heteroatoms. The smallest absolute Gasteiger partial charge is 0.338 e. The number of amides is 3. The van der Waals surface area contributed by atoms with E-state index in [4.69, 9.17) is 10.5 Å². The number of hydrogen-bond donors (Lipinski definition) is 2. The Hall–Kier alpha value is -3.09. The third-order valence-corrected chi connectivity index (χ3v) is 2.88. The summed E-state index contributed by atoms with van der Waals surface area (Å²) in [4.78, 5) is 34.1. The highest BCUT2D eigenvalue weighted by Crippen LogP contribution is 2.12. The summed E-state index contributed by atoms with van der Waals surface area (Å²) >= 11 is 0. The molecule has 1 aromatic carbocycles. The third-order valence-electron chi connectivity index (χ3n) is 2.88. The molecule has 0 radical (unpaired) electrons. The lowest BCUT2D eigenvalue weighted by Gasteiger charge is -2.12. The molecule has 0 aliphatic carbocycles. The van der Waals surface area contributed by atoms with Crippen molar-refractivity contribution in [1.82, 2.24) is 9.88 Å². The fourth-order valence-electron chi connectivity index (χ4n) is 1.81. The Balaban J connectivity index is 2.08. The molecule has 3 amide bonds. The van der Waals surface area contributed by atoms with Gasteiger partial charge in [-0.15, -0.1) is 0 Å². The van der Waals surface area contributed by atoms with E-state index >= 15 is 0 Å². The molecule has 0 saturated carbocycles. The van der Waals surface area contributed by atoms with Crippen LogP contribution in [-0.4, -0.2) is 28.6 Å². The molecule has 0 bridgehead atoms. The fraction of sp³-hybridized carbons (Fsp3) is 0.133. The first-order chi connectivity index (χ1) is 10.5. The molecule has 1 atom stereocenters. The lowest BCUT2D eigenvalue weighted by Crippen LogP contribution is -2.42. The maximum Gasteiger partial charge on any atom is 0.338 e. The number of carbonyl (C=O) groups excluding carboxylic acids is 3. The molecule has 1 heterocycles.